The van der Waals surface area contributed by atoms with Crippen LogP contribution in [-0.2, 0) is 6.61 Å². The van der Waals surface area contributed by atoms with Gasteiger partial charge in [-0.1, -0.05) is 41.6 Å². The van der Waals surface area contributed by atoms with E-state index < -0.39 is 0 Å². The van der Waals surface area contributed by atoms with Crippen LogP contribution in [0.4, 0.5) is 0 Å². The normalized spacial score (nSPS) is 12.5. The minimum atomic E-state index is -0.0932. The van der Waals surface area contributed by atoms with Crippen LogP contribution in [-0.4, -0.2) is 5.16 Å². The molecule has 1 aromatic heterocycles. The average Bonchev–Trinajstić information content (AvgIpc) is 2.97. The Balaban J connectivity index is 2.03. The highest BCUT2D eigenvalue weighted by Gasteiger charge is 2.13. The maximum absolute atomic E-state index is 6.04. The molecule has 4 nitrogen and oxygen atoms in total. The van der Waals surface area contributed by atoms with Crippen molar-refractivity contribution < 1.29 is 9.26 Å². The molecule has 0 amide bonds. The molecular weight excluding hydrogens is 252 g/mol. The third-order valence-corrected chi connectivity index (χ3v) is 3.25. The van der Waals surface area contributed by atoms with Gasteiger partial charge >= 0.3 is 0 Å². The van der Waals surface area contributed by atoms with Crippen molar-refractivity contribution in [1.29, 1.82) is 0 Å². The van der Waals surface area contributed by atoms with E-state index in [4.69, 9.17) is 15.0 Å². The molecule has 2 N–H and O–H groups in total. The Morgan fingerprint density at radius 1 is 1.20 bits per heavy atom. The van der Waals surface area contributed by atoms with Gasteiger partial charge in [-0.05, 0) is 12.3 Å². The van der Waals surface area contributed by atoms with E-state index in [0.717, 1.165) is 22.1 Å². The molecule has 0 aliphatic heterocycles. The van der Waals surface area contributed by atoms with E-state index in [-0.39, 0.29) is 6.04 Å². The Kier molecular flexibility index (Phi) is 3.39. The molecule has 1 heterocycles. The molecule has 1 atom stereocenters. The highest BCUT2D eigenvalue weighted by Crippen LogP contribution is 2.33. The summed E-state index contributed by atoms with van der Waals surface area (Å²) < 4.78 is 11.0. The number of benzene rings is 2. The van der Waals surface area contributed by atoms with Crippen LogP contribution in [0.3, 0.4) is 0 Å². The van der Waals surface area contributed by atoms with Crippen molar-refractivity contribution in [1.82, 2.24) is 5.16 Å². The van der Waals surface area contributed by atoms with Crippen molar-refractivity contribution in [2.24, 2.45) is 5.73 Å². The molecule has 0 saturated heterocycles. The zero-order valence-corrected chi connectivity index (χ0v) is 11.2. The Hall–Kier alpha value is -2.33. The van der Waals surface area contributed by atoms with Gasteiger partial charge in [0.25, 0.3) is 0 Å². The highest BCUT2D eigenvalue weighted by molar-refractivity contribution is 5.89. The summed E-state index contributed by atoms with van der Waals surface area (Å²) in [5.41, 5.74) is 7.03. The van der Waals surface area contributed by atoms with Crippen molar-refractivity contribution in [3.8, 4) is 5.75 Å². The van der Waals surface area contributed by atoms with Gasteiger partial charge in [0.2, 0.25) is 0 Å². The molecule has 20 heavy (non-hydrogen) atoms. The number of nitrogens with two attached hydrogens (primary N) is 1. The number of aromatic nitrogens is 1. The van der Waals surface area contributed by atoms with E-state index in [1.807, 2.05) is 31.2 Å². The molecule has 0 aliphatic rings. The summed E-state index contributed by atoms with van der Waals surface area (Å²) in [6.45, 7) is 2.29. The zero-order valence-electron chi connectivity index (χ0n) is 11.2. The molecule has 0 saturated carbocycles. The Morgan fingerprint density at radius 3 is 2.80 bits per heavy atom. The Bertz CT molecular complexity index is 706. The number of ether oxygens (including phenoxy) is 1. The van der Waals surface area contributed by atoms with E-state index in [1.54, 1.807) is 12.3 Å². The number of fused-ring (bicyclic) bond motifs is 1. The summed E-state index contributed by atoms with van der Waals surface area (Å²) in [5, 5.41) is 5.86. The van der Waals surface area contributed by atoms with Gasteiger partial charge in [0, 0.05) is 23.1 Å². The number of hydrogen-bond acceptors (Lipinski definition) is 4. The van der Waals surface area contributed by atoms with E-state index >= 15 is 0 Å². The van der Waals surface area contributed by atoms with Crippen molar-refractivity contribution in [2.75, 3.05) is 0 Å². The van der Waals surface area contributed by atoms with Crippen LogP contribution in [0, 0.1) is 0 Å². The second kappa shape index (κ2) is 5.35. The van der Waals surface area contributed by atoms with Gasteiger partial charge in [-0.15, -0.1) is 0 Å². The van der Waals surface area contributed by atoms with Gasteiger partial charge < -0.3 is 15.0 Å². The highest BCUT2D eigenvalue weighted by atomic mass is 16.5. The molecule has 4 heteroatoms. The standard InChI is InChI=1S/C16H16N2O2/c1-11(17)14-7-6-12-4-2-3-5-15(12)16(14)19-10-13-8-9-18-20-13/h2-9,11H,10,17H2,1H3/t11-/m0/s1. The lowest BCUT2D eigenvalue weighted by Crippen LogP contribution is -2.08. The number of rotatable bonds is 4. The summed E-state index contributed by atoms with van der Waals surface area (Å²) >= 11 is 0. The Labute approximate surface area is 117 Å². The molecule has 0 bridgehead atoms. The molecule has 3 rings (SSSR count). The fourth-order valence-electron chi connectivity index (χ4n) is 2.24. The van der Waals surface area contributed by atoms with E-state index in [9.17, 15) is 0 Å². The molecule has 102 valence electrons. The van der Waals surface area contributed by atoms with Crippen molar-refractivity contribution in [3.05, 3.63) is 60.0 Å². The lowest BCUT2D eigenvalue weighted by atomic mass is 10.0. The molecule has 2 aromatic carbocycles. The number of hydrogen-bond donors (Lipinski definition) is 1. The summed E-state index contributed by atoms with van der Waals surface area (Å²) in [4.78, 5) is 0. The van der Waals surface area contributed by atoms with Crippen molar-refractivity contribution in [3.63, 3.8) is 0 Å². The first-order valence-electron chi connectivity index (χ1n) is 6.55. The van der Waals surface area contributed by atoms with Gasteiger partial charge in [-0.2, -0.15) is 0 Å². The third kappa shape index (κ3) is 2.38. The summed E-state index contributed by atoms with van der Waals surface area (Å²) in [5.74, 6) is 1.50. The first kappa shape index (κ1) is 12.7. The lowest BCUT2D eigenvalue weighted by Gasteiger charge is -2.16. The monoisotopic (exact) mass is 268 g/mol. The smallest absolute Gasteiger partial charge is 0.174 e. The fraction of sp³-hybridized carbons (Fsp3) is 0.188. The first-order valence-corrected chi connectivity index (χ1v) is 6.55. The molecule has 0 aliphatic carbocycles. The van der Waals surface area contributed by atoms with Gasteiger partial charge in [0.1, 0.15) is 12.4 Å². The van der Waals surface area contributed by atoms with Crippen LogP contribution in [0.25, 0.3) is 10.8 Å². The molecule has 0 unspecified atom stereocenters. The van der Waals surface area contributed by atoms with Gasteiger partial charge in [-0.3, -0.25) is 0 Å². The maximum atomic E-state index is 6.04. The quantitative estimate of drug-likeness (QED) is 0.787. The first-order chi connectivity index (χ1) is 9.75. The second-order valence-corrected chi connectivity index (χ2v) is 4.76. The van der Waals surface area contributed by atoms with Crippen LogP contribution < -0.4 is 10.5 Å². The van der Waals surface area contributed by atoms with Crippen LogP contribution in [0.5, 0.6) is 5.75 Å². The van der Waals surface area contributed by atoms with E-state index in [0.29, 0.717) is 12.4 Å². The largest absolute Gasteiger partial charge is 0.485 e. The van der Waals surface area contributed by atoms with Crippen LogP contribution >= 0.6 is 0 Å². The molecular formula is C16H16N2O2. The minimum absolute atomic E-state index is 0.0932. The fourth-order valence-corrected chi connectivity index (χ4v) is 2.24. The summed E-state index contributed by atoms with van der Waals surface area (Å²) in [7, 11) is 0. The minimum Gasteiger partial charge on any atom is -0.485 e. The van der Waals surface area contributed by atoms with Gasteiger partial charge in [0.15, 0.2) is 5.76 Å². The van der Waals surface area contributed by atoms with Gasteiger partial charge in [-0.25, -0.2) is 0 Å². The van der Waals surface area contributed by atoms with Gasteiger partial charge in [0.05, 0.1) is 6.20 Å². The molecule has 0 fully saturated rings. The van der Waals surface area contributed by atoms with Crippen molar-refractivity contribution >= 4 is 10.8 Å². The van der Waals surface area contributed by atoms with Crippen molar-refractivity contribution in [2.45, 2.75) is 19.6 Å². The lowest BCUT2D eigenvalue weighted by molar-refractivity contribution is 0.249. The predicted octanol–water partition coefficient (Wildman–Crippen LogP) is 3.43. The average molecular weight is 268 g/mol. The van der Waals surface area contributed by atoms with Crippen LogP contribution in [0.2, 0.25) is 0 Å². The third-order valence-electron chi connectivity index (χ3n) is 3.25. The number of nitrogens with zero attached hydrogens (tertiary/aromatic N) is 1. The van der Waals surface area contributed by atoms with E-state index in [2.05, 4.69) is 17.3 Å². The Morgan fingerprint density at radius 2 is 2.05 bits per heavy atom. The van der Waals surface area contributed by atoms with Crippen LogP contribution in [0.15, 0.2) is 53.2 Å². The molecule has 3 aromatic rings. The van der Waals surface area contributed by atoms with E-state index in [1.165, 1.54) is 0 Å². The zero-order chi connectivity index (χ0) is 13.9. The van der Waals surface area contributed by atoms with Crippen LogP contribution in [0.1, 0.15) is 24.3 Å². The molecule has 0 spiro atoms. The SMILES string of the molecule is C[C@H](N)c1ccc2ccccc2c1OCc1ccno1. The predicted molar refractivity (Wildman–Crippen MR) is 77.4 cm³/mol. The second-order valence-electron chi connectivity index (χ2n) is 4.76. The summed E-state index contributed by atoms with van der Waals surface area (Å²) in [6.07, 6.45) is 1.61. The topological polar surface area (TPSA) is 61.3 Å². The molecule has 0 radical (unpaired) electrons. The summed E-state index contributed by atoms with van der Waals surface area (Å²) in [6, 6.07) is 13.9. The maximum Gasteiger partial charge on any atom is 0.174 e.